The van der Waals surface area contributed by atoms with E-state index in [1.54, 1.807) is 29.8 Å². The quantitative estimate of drug-likeness (QED) is 0.370. The molecule has 0 atom stereocenters. The fourth-order valence-corrected chi connectivity index (χ4v) is 5.85. The molecule has 0 aromatic heterocycles. The smallest absolute Gasteiger partial charge is 0.269 e. The Morgan fingerprint density at radius 1 is 1.17 bits per heavy atom. The molecule has 2 heterocycles. The maximum Gasteiger partial charge on any atom is 0.269 e. The normalized spacial score (nSPS) is 19.6. The maximum absolute atomic E-state index is 13.3. The average Bonchev–Trinajstić information content (AvgIpc) is 3.27. The van der Waals surface area contributed by atoms with Crippen LogP contribution < -0.4 is 9.64 Å². The SMILES string of the molecule is C=CCN1C(=O)C(=C2Sc3ccc(OC)cc3N2CC)SC1=Nc1ccc(Br)cc1. The summed E-state index contributed by atoms with van der Waals surface area (Å²) in [7, 11) is 1.66. The molecule has 0 bridgehead atoms. The first kappa shape index (κ1) is 21.1. The summed E-state index contributed by atoms with van der Waals surface area (Å²) < 4.78 is 6.38. The molecule has 4 rings (SSSR count). The molecule has 0 unspecified atom stereocenters. The third-order valence-electron chi connectivity index (χ3n) is 4.65. The van der Waals surface area contributed by atoms with E-state index in [9.17, 15) is 4.79 Å². The van der Waals surface area contributed by atoms with E-state index < -0.39 is 0 Å². The second-order valence-corrected chi connectivity index (χ2v) is 9.42. The van der Waals surface area contributed by atoms with Crippen molar-refractivity contribution < 1.29 is 9.53 Å². The number of carbonyl (C=O) groups is 1. The van der Waals surface area contributed by atoms with Crippen LogP contribution in [0.25, 0.3) is 0 Å². The number of thioether (sulfide) groups is 2. The van der Waals surface area contributed by atoms with Crippen molar-refractivity contribution in [2.24, 2.45) is 4.99 Å². The largest absolute Gasteiger partial charge is 0.497 e. The lowest BCUT2D eigenvalue weighted by Gasteiger charge is -2.19. The third-order valence-corrected chi connectivity index (χ3v) is 7.55. The van der Waals surface area contributed by atoms with Crippen molar-refractivity contribution >= 4 is 61.9 Å². The number of fused-ring (bicyclic) bond motifs is 1. The van der Waals surface area contributed by atoms with Crippen LogP contribution in [0.1, 0.15) is 6.92 Å². The summed E-state index contributed by atoms with van der Waals surface area (Å²) in [6.45, 7) is 7.05. The Balaban J connectivity index is 1.75. The highest BCUT2D eigenvalue weighted by Crippen LogP contribution is 2.51. The van der Waals surface area contributed by atoms with Gasteiger partial charge in [0.15, 0.2) is 5.17 Å². The van der Waals surface area contributed by atoms with Crippen LogP contribution in [0.2, 0.25) is 0 Å². The number of hydrogen-bond donors (Lipinski definition) is 0. The van der Waals surface area contributed by atoms with Crippen molar-refractivity contribution in [1.82, 2.24) is 4.90 Å². The number of aliphatic imine (C=N–C) groups is 1. The standard InChI is InChI=1S/C22H20BrN3O2S2/c1-4-12-26-20(27)19(30-22(26)24-15-8-6-14(23)7-9-15)21-25(5-2)17-13-16(28-3)10-11-18(17)29-21/h4,6-11,13H,1,5,12H2,2-3H3. The maximum atomic E-state index is 13.3. The summed E-state index contributed by atoms with van der Waals surface area (Å²) in [6, 6.07) is 13.7. The lowest BCUT2D eigenvalue weighted by Crippen LogP contribution is -2.30. The zero-order valence-electron chi connectivity index (χ0n) is 16.6. The molecule has 2 aliphatic rings. The molecule has 2 aliphatic heterocycles. The predicted molar refractivity (Wildman–Crippen MR) is 130 cm³/mol. The monoisotopic (exact) mass is 501 g/mol. The van der Waals surface area contributed by atoms with E-state index in [-0.39, 0.29) is 5.91 Å². The van der Waals surface area contributed by atoms with Gasteiger partial charge in [0.1, 0.15) is 15.7 Å². The first-order valence-electron chi connectivity index (χ1n) is 9.38. The van der Waals surface area contributed by atoms with Gasteiger partial charge in [-0.3, -0.25) is 9.69 Å². The fraction of sp³-hybridized carbons (Fsp3) is 0.182. The van der Waals surface area contributed by atoms with Crippen LogP contribution in [0.15, 0.2) is 79.4 Å². The Morgan fingerprint density at radius 3 is 2.60 bits per heavy atom. The van der Waals surface area contributed by atoms with Crippen molar-refractivity contribution in [3.63, 3.8) is 0 Å². The number of rotatable bonds is 5. The van der Waals surface area contributed by atoms with Crippen LogP contribution in [0.3, 0.4) is 0 Å². The number of nitrogens with zero attached hydrogens (tertiary/aromatic N) is 3. The van der Waals surface area contributed by atoms with Crippen LogP contribution in [-0.2, 0) is 4.79 Å². The van der Waals surface area contributed by atoms with Gasteiger partial charge in [0.05, 0.1) is 18.5 Å². The Morgan fingerprint density at radius 2 is 1.93 bits per heavy atom. The van der Waals surface area contributed by atoms with E-state index in [0.717, 1.165) is 38.1 Å². The minimum Gasteiger partial charge on any atom is -0.497 e. The second-order valence-electron chi connectivity index (χ2n) is 6.49. The number of benzene rings is 2. The number of hydrogen-bond acceptors (Lipinski definition) is 6. The fourth-order valence-electron chi connectivity index (χ4n) is 3.21. The topological polar surface area (TPSA) is 45.1 Å². The Bertz CT molecular complexity index is 1070. The first-order chi connectivity index (χ1) is 14.5. The van der Waals surface area contributed by atoms with Gasteiger partial charge in [-0.15, -0.1) is 6.58 Å². The van der Waals surface area contributed by atoms with Crippen molar-refractivity contribution in [2.45, 2.75) is 11.8 Å². The molecule has 2 aromatic carbocycles. The predicted octanol–water partition coefficient (Wildman–Crippen LogP) is 6.01. The van der Waals surface area contributed by atoms with Crippen LogP contribution in [0, 0.1) is 0 Å². The van der Waals surface area contributed by atoms with Crippen molar-refractivity contribution in [1.29, 1.82) is 0 Å². The zero-order chi connectivity index (χ0) is 21.3. The number of methoxy groups -OCH3 is 1. The number of amidine groups is 1. The van der Waals surface area contributed by atoms with E-state index >= 15 is 0 Å². The van der Waals surface area contributed by atoms with Crippen LogP contribution in [-0.4, -0.2) is 36.2 Å². The van der Waals surface area contributed by atoms with Gasteiger partial charge in [0, 0.05) is 28.5 Å². The zero-order valence-corrected chi connectivity index (χ0v) is 19.8. The lowest BCUT2D eigenvalue weighted by molar-refractivity contribution is -0.121. The number of halogens is 1. The van der Waals surface area contributed by atoms with Gasteiger partial charge in [-0.2, -0.15) is 0 Å². The third kappa shape index (κ3) is 3.91. The summed E-state index contributed by atoms with van der Waals surface area (Å²) in [5, 5.41) is 1.60. The molecule has 5 nitrogen and oxygen atoms in total. The van der Waals surface area contributed by atoms with Crippen LogP contribution in [0.4, 0.5) is 11.4 Å². The summed E-state index contributed by atoms with van der Waals surface area (Å²) in [4.78, 5) is 23.7. The molecule has 2 aromatic rings. The van der Waals surface area contributed by atoms with Crippen molar-refractivity contribution in [3.05, 3.63) is 69.5 Å². The summed E-state index contributed by atoms with van der Waals surface area (Å²) >= 11 is 6.47. The molecule has 0 spiro atoms. The number of anilines is 1. The Hall–Kier alpha value is -2.16. The molecule has 154 valence electrons. The van der Waals surface area contributed by atoms with E-state index in [1.807, 2.05) is 42.5 Å². The Labute approximate surface area is 193 Å². The summed E-state index contributed by atoms with van der Waals surface area (Å²) in [6.07, 6.45) is 1.72. The molecule has 0 saturated carbocycles. The average molecular weight is 502 g/mol. The van der Waals surface area contributed by atoms with E-state index in [2.05, 4.69) is 34.3 Å². The molecule has 1 saturated heterocycles. The molecule has 0 radical (unpaired) electrons. The van der Waals surface area contributed by atoms with Crippen molar-refractivity contribution in [3.8, 4) is 5.75 Å². The molecule has 1 amide bonds. The molecule has 30 heavy (non-hydrogen) atoms. The van der Waals surface area contributed by atoms with Gasteiger partial charge in [-0.05, 0) is 55.1 Å². The molecular weight excluding hydrogens is 482 g/mol. The highest BCUT2D eigenvalue weighted by atomic mass is 79.9. The van der Waals surface area contributed by atoms with Gasteiger partial charge in [-0.1, -0.05) is 33.8 Å². The van der Waals surface area contributed by atoms with E-state index in [0.29, 0.717) is 16.6 Å². The van der Waals surface area contributed by atoms with E-state index in [1.165, 1.54) is 11.8 Å². The van der Waals surface area contributed by atoms with Gasteiger partial charge >= 0.3 is 0 Å². The molecular formula is C22H20BrN3O2S2. The van der Waals surface area contributed by atoms with Crippen molar-refractivity contribution in [2.75, 3.05) is 25.1 Å². The number of ether oxygens (including phenoxy) is 1. The molecule has 1 fully saturated rings. The van der Waals surface area contributed by atoms with Gasteiger partial charge in [0.2, 0.25) is 0 Å². The summed E-state index contributed by atoms with van der Waals surface area (Å²) in [5.41, 5.74) is 1.86. The van der Waals surface area contributed by atoms with Gasteiger partial charge in [-0.25, -0.2) is 4.99 Å². The Kier molecular flexibility index (Phi) is 6.26. The minimum absolute atomic E-state index is 0.0449. The highest BCUT2D eigenvalue weighted by Gasteiger charge is 2.39. The van der Waals surface area contributed by atoms with Crippen LogP contribution in [0.5, 0.6) is 5.75 Å². The minimum atomic E-state index is -0.0449. The molecule has 0 N–H and O–H groups in total. The second kappa shape index (κ2) is 8.91. The molecule has 8 heteroatoms. The highest BCUT2D eigenvalue weighted by molar-refractivity contribution is 9.10. The number of amides is 1. The summed E-state index contributed by atoms with van der Waals surface area (Å²) in [5.74, 6) is 0.756. The van der Waals surface area contributed by atoms with E-state index in [4.69, 9.17) is 9.73 Å². The van der Waals surface area contributed by atoms with Gasteiger partial charge in [0.25, 0.3) is 5.91 Å². The lowest BCUT2D eigenvalue weighted by atomic mass is 10.2. The van der Waals surface area contributed by atoms with Crippen LogP contribution >= 0.6 is 39.5 Å². The molecule has 0 aliphatic carbocycles. The first-order valence-corrected chi connectivity index (χ1v) is 11.8. The van der Waals surface area contributed by atoms with Gasteiger partial charge < -0.3 is 9.64 Å². The number of carbonyl (C=O) groups excluding carboxylic acids is 1.